The Morgan fingerprint density at radius 3 is 2.92 bits per heavy atom. The summed E-state index contributed by atoms with van der Waals surface area (Å²) >= 11 is 0. The molecule has 1 aromatic carbocycles. The Bertz CT molecular complexity index is 717. The number of carbonyl (C=O) groups is 1. The topological polar surface area (TPSA) is 36.1 Å². The van der Waals surface area contributed by atoms with E-state index in [1.54, 1.807) is 0 Å². The summed E-state index contributed by atoms with van der Waals surface area (Å²) in [5, 5.41) is 1.26. The van der Waals surface area contributed by atoms with E-state index < -0.39 is 0 Å². The van der Waals surface area contributed by atoms with E-state index in [4.69, 9.17) is 0 Å². The monoisotopic (exact) mass is 324 g/mol. The van der Waals surface area contributed by atoms with E-state index in [2.05, 4.69) is 47.3 Å². The molecule has 1 N–H and O–H groups in total. The van der Waals surface area contributed by atoms with Gasteiger partial charge in [-0.1, -0.05) is 38.0 Å². The third-order valence-corrected chi connectivity index (χ3v) is 6.20. The van der Waals surface area contributed by atoms with Crippen LogP contribution in [0.3, 0.4) is 0 Å². The lowest BCUT2D eigenvalue weighted by molar-refractivity contribution is -0.137. The van der Waals surface area contributed by atoms with Gasteiger partial charge in [-0.25, -0.2) is 0 Å². The lowest BCUT2D eigenvalue weighted by Gasteiger charge is -2.44. The van der Waals surface area contributed by atoms with E-state index in [1.807, 2.05) is 0 Å². The number of likely N-dealkylation sites (tertiary alicyclic amines) is 1. The number of rotatable bonds is 3. The summed E-state index contributed by atoms with van der Waals surface area (Å²) in [6.07, 6.45) is 10.4. The molecule has 3 unspecified atom stereocenters. The molecule has 1 aliphatic heterocycles. The second kappa shape index (κ2) is 6.62. The van der Waals surface area contributed by atoms with Crippen LogP contribution in [0, 0.1) is 5.92 Å². The number of H-pyrrole nitrogens is 1. The number of nitrogens with one attached hydrogen (secondary N) is 1. The molecule has 2 aliphatic rings. The van der Waals surface area contributed by atoms with Crippen LogP contribution in [0.1, 0.15) is 63.4 Å². The number of aromatic amines is 1. The van der Waals surface area contributed by atoms with Crippen LogP contribution in [0.5, 0.6) is 0 Å². The highest BCUT2D eigenvalue weighted by molar-refractivity contribution is 5.85. The summed E-state index contributed by atoms with van der Waals surface area (Å²) in [6.45, 7) is 3.16. The Morgan fingerprint density at radius 2 is 2.00 bits per heavy atom. The summed E-state index contributed by atoms with van der Waals surface area (Å²) in [4.78, 5) is 18.6. The molecule has 0 bridgehead atoms. The van der Waals surface area contributed by atoms with E-state index in [0.717, 1.165) is 18.0 Å². The van der Waals surface area contributed by atoms with Crippen molar-refractivity contribution >= 4 is 16.8 Å². The minimum Gasteiger partial charge on any atom is -0.361 e. The first-order valence-electron chi connectivity index (χ1n) is 9.59. The first-order valence-corrected chi connectivity index (χ1v) is 9.59. The lowest BCUT2D eigenvalue weighted by atomic mass is 9.78. The van der Waals surface area contributed by atoms with Gasteiger partial charge in [-0.3, -0.25) is 4.79 Å². The molecule has 1 saturated heterocycles. The van der Waals surface area contributed by atoms with Crippen LogP contribution in [0.15, 0.2) is 30.5 Å². The van der Waals surface area contributed by atoms with Crippen LogP contribution in [-0.4, -0.2) is 28.4 Å². The maximum atomic E-state index is 13.0. The average molecular weight is 324 g/mol. The van der Waals surface area contributed by atoms with Crippen molar-refractivity contribution in [1.29, 1.82) is 0 Å². The highest BCUT2D eigenvalue weighted by Crippen LogP contribution is 2.36. The SMILES string of the molecule is CC(CC(=O)N1CCCC2CCCCC21)c1c[nH]c2ccccc12. The van der Waals surface area contributed by atoms with Gasteiger partial charge < -0.3 is 9.88 Å². The van der Waals surface area contributed by atoms with Crippen LogP contribution in [0.25, 0.3) is 10.9 Å². The maximum Gasteiger partial charge on any atom is 0.223 e. The zero-order valence-electron chi connectivity index (χ0n) is 14.6. The van der Waals surface area contributed by atoms with Gasteiger partial charge in [0, 0.05) is 36.1 Å². The fourth-order valence-electron chi connectivity index (χ4n) is 4.93. The number of amides is 1. The molecule has 1 saturated carbocycles. The summed E-state index contributed by atoms with van der Waals surface area (Å²) in [5.74, 6) is 1.39. The van der Waals surface area contributed by atoms with Gasteiger partial charge >= 0.3 is 0 Å². The Hall–Kier alpha value is -1.77. The van der Waals surface area contributed by atoms with Crippen molar-refractivity contribution in [1.82, 2.24) is 9.88 Å². The number of hydrogen-bond donors (Lipinski definition) is 1. The van der Waals surface area contributed by atoms with Gasteiger partial charge in [0.15, 0.2) is 0 Å². The highest BCUT2D eigenvalue weighted by Gasteiger charge is 2.35. The quantitative estimate of drug-likeness (QED) is 0.861. The smallest absolute Gasteiger partial charge is 0.223 e. The first-order chi connectivity index (χ1) is 11.7. The zero-order chi connectivity index (χ0) is 16.5. The molecule has 2 heterocycles. The Balaban J connectivity index is 1.48. The van der Waals surface area contributed by atoms with Crippen LogP contribution in [0.4, 0.5) is 0 Å². The van der Waals surface area contributed by atoms with Gasteiger partial charge in [-0.2, -0.15) is 0 Å². The van der Waals surface area contributed by atoms with Gasteiger partial charge in [-0.15, -0.1) is 0 Å². The number of fused-ring (bicyclic) bond motifs is 2. The fraction of sp³-hybridized carbons (Fsp3) is 0.571. The molecular formula is C21H28N2O. The van der Waals surface area contributed by atoms with Crippen molar-refractivity contribution in [2.45, 2.75) is 63.8 Å². The number of carbonyl (C=O) groups excluding carboxylic acids is 1. The van der Waals surface area contributed by atoms with Crippen LogP contribution >= 0.6 is 0 Å². The number of nitrogens with zero attached hydrogens (tertiary/aromatic N) is 1. The van der Waals surface area contributed by atoms with Crippen LogP contribution in [0.2, 0.25) is 0 Å². The van der Waals surface area contributed by atoms with E-state index in [0.29, 0.717) is 18.4 Å². The van der Waals surface area contributed by atoms with E-state index in [9.17, 15) is 4.79 Å². The van der Waals surface area contributed by atoms with E-state index in [-0.39, 0.29) is 5.92 Å². The molecule has 1 amide bonds. The molecule has 0 radical (unpaired) electrons. The summed E-state index contributed by atoms with van der Waals surface area (Å²) in [5.41, 5.74) is 2.44. The summed E-state index contributed by atoms with van der Waals surface area (Å²) in [6, 6.07) is 8.90. The Kier molecular flexibility index (Phi) is 4.34. The minimum atomic E-state index is 0.262. The van der Waals surface area contributed by atoms with Gasteiger partial charge in [0.2, 0.25) is 5.91 Å². The predicted octanol–water partition coefficient (Wildman–Crippen LogP) is 4.84. The van der Waals surface area contributed by atoms with Crippen LogP contribution in [-0.2, 0) is 4.79 Å². The predicted molar refractivity (Wildman–Crippen MR) is 98.0 cm³/mol. The molecule has 1 aliphatic carbocycles. The molecule has 128 valence electrons. The normalized spacial score (nSPS) is 25.5. The van der Waals surface area contributed by atoms with Gasteiger partial charge in [0.05, 0.1) is 0 Å². The Labute approximate surface area is 144 Å². The number of aromatic nitrogens is 1. The zero-order valence-corrected chi connectivity index (χ0v) is 14.6. The lowest BCUT2D eigenvalue weighted by Crippen LogP contribution is -2.49. The second-order valence-electron chi connectivity index (χ2n) is 7.74. The molecule has 3 atom stereocenters. The number of hydrogen-bond acceptors (Lipinski definition) is 1. The average Bonchev–Trinajstić information content (AvgIpc) is 3.05. The van der Waals surface area contributed by atoms with Crippen molar-refractivity contribution in [2.75, 3.05) is 6.54 Å². The van der Waals surface area contributed by atoms with Gasteiger partial charge in [0.25, 0.3) is 0 Å². The number of benzene rings is 1. The molecule has 0 spiro atoms. The molecule has 1 aromatic heterocycles. The first kappa shape index (κ1) is 15.7. The fourth-order valence-corrected chi connectivity index (χ4v) is 4.93. The molecular weight excluding hydrogens is 296 g/mol. The van der Waals surface area contributed by atoms with Crippen molar-refractivity contribution in [3.63, 3.8) is 0 Å². The molecule has 3 heteroatoms. The Morgan fingerprint density at radius 1 is 1.21 bits per heavy atom. The van der Waals surface area contributed by atoms with Crippen molar-refractivity contribution < 1.29 is 4.79 Å². The van der Waals surface area contributed by atoms with Gasteiger partial charge in [0.1, 0.15) is 0 Å². The standard InChI is InChI=1S/C21H28N2O/c1-15(18-14-22-19-10-4-3-9-17(18)19)13-21(24)23-12-6-8-16-7-2-5-11-20(16)23/h3-4,9-10,14-16,20,22H,2,5-8,11-13H2,1H3. The molecule has 4 rings (SSSR count). The highest BCUT2D eigenvalue weighted by atomic mass is 16.2. The molecule has 24 heavy (non-hydrogen) atoms. The maximum absolute atomic E-state index is 13.0. The number of para-hydroxylation sites is 1. The van der Waals surface area contributed by atoms with Crippen molar-refractivity contribution in [3.8, 4) is 0 Å². The molecule has 2 fully saturated rings. The van der Waals surface area contributed by atoms with Gasteiger partial charge in [-0.05, 0) is 49.1 Å². The van der Waals surface area contributed by atoms with Crippen LogP contribution < -0.4 is 0 Å². The third kappa shape index (κ3) is 2.85. The molecule has 3 nitrogen and oxygen atoms in total. The summed E-state index contributed by atoms with van der Waals surface area (Å²) in [7, 11) is 0. The minimum absolute atomic E-state index is 0.262. The van der Waals surface area contributed by atoms with E-state index in [1.165, 1.54) is 49.5 Å². The molecule has 2 aromatic rings. The largest absolute Gasteiger partial charge is 0.361 e. The van der Waals surface area contributed by atoms with Crippen molar-refractivity contribution in [3.05, 3.63) is 36.0 Å². The third-order valence-electron chi connectivity index (χ3n) is 6.20. The number of piperidine rings is 1. The second-order valence-corrected chi connectivity index (χ2v) is 7.74. The van der Waals surface area contributed by atoms with Crippen molar-refractivity contribution in [2.24, 2.45) is 5.92 Å². The summed E-state index contributed by atoms with van der Waals surface area (Å²) < 4.78 is 0. The van der Waals surface area contributed by atoms with E-state index >= 15 is 0 Å².